The number of carbonyl (C=O) groups is 1. The van der Waals surface area contributed by atoms with E-state index < -0.39 is 6.10 Å². The van der Waals surface area contributed by atoms with Crippen LogP contribution in [0.2, 0.25) is 0 Å². The zero-order valence-electron chi connectivity index (χ0n) is 13.7. The molecule has 3 aromatic rings. The van der Waals surface area contributed by atoms with Gasteiger partial charge in [-0.25, -0.2) is 4.98 Å². The van der Waals surface area contributed by atoms with Gasteiger partial charge < -0.3 is 19.6 Å². The van der Waals surface area contributed by atoms with Crippen molar-refractivity contribution in [3.8, 4) is 5.75 Å². The maximum absolute atomic E-state index is 11.9. The van der Waals surface area contributed by atoms with Gasteiger partial charge in [0.15, 0.2) is 5.58 Å². The van der Waals surface area contributed by atoms with Crippen LogP contribution in [-0.4, -0.2) is 29.7 Å². The minimum absolute atomic E-state index is 0.100. The van der Waals surface area contributed by atoms with E-state index in [0.29, 0.717) is 22.8 Å². The lowest BCUT2D eigenvalue weighted by Gasteiger charge is -2.11. The average Bonchev–Trinajstić information content (AvgIpc) is 3.07. The monoisotopic (exact) mass is 338 g/mol. The van der Waals surface area contributed by atoms with Crippen LogP contribution in [0, 0.1) is 0 Å². The van der Waals surface area contributed by atoms with Gasteiger partial charge in [-0.2, -0.15) is 0 Å². The topological polar surface area (TPSA) is 84.6 Å². The number of nitrogens with zero attached hydrogens (tertiary/aromatic N) is 1. The van der Waals surface area contributed by atoms with E-state index in [4.69, 9.17) is 9.15 Å². The van der Waals surface area contributed by atoms with Gasteiger partial charge >= 0.3 is 0 Å². The number of benzene rings is 2. The third kappa shape index (κ3) is 4.24. The fourth-order valence-corrected chi connectivity index (χ4v) is 2.31. The second kappa shape index (κ2) is 7.63. The van der Waals surface area contributed by atoms with Crippen LogP contribution in [-0.2, 0) is 4.79 Å². The first-order valence-electron chi connectivity index (χ1n) is 7.79. The van der Waals surface area contributed by atoms with E-state index in [1.807, 2.05) is 24.3 Å². The molecule has 0 aliphatic rings. The minimum atomic E-state index is -0.799. The van der Waals surface area contributed by atoms with Crippen LogP contribution in [0.5, 0.6) is 5.75 Å². The van der Waals surface area contributed by atoms with Crippen LogP contribution in [0.4, 0.5) is 0 Å². The summed E-state index contributed by atoms with van der Waals surface area (Å²) in [6, 6.07) is 14.4. The van der Waals surface area contributed by atoms with Crippen molar-refractivity contribution in [1.82, 2.24) is 10.3 Å². The molecule has 6 nitrogen and oxygen atoms in total. The molecule has 0 spiro atoms. The van der Waals surface area contributed by atoms with Crippen LogP contribution in [0.25, 0.3) is 17.2 Å². The smallest absolute Gasteiger partial charge is 0.244 e. The SMILES string of the molecule is COc1ccc(C(O)CNC(=O)/C=C/c2nc3ccccc3o2)cc1. The molecule has 0 aliphatic heterocycles. The Morgan fingerprint density at radius 2 is 2.04 bits per heavy atom. The highest BCUT2D eigenvalue weighted by atomic mass is 16.5. The number of aliphatic hydroxyl groups excluding tert-OH is 1. The van der Waals surface area contributed by atoms with Crippen LogP contribution < -0.4 is 10.1 Å². The molecule has 2 N–H and O–H groups in total. The van der Waals surface area contributed by atoms with Gasteiger partial charge in [0, 0.05) is 18.7 Å². The third-order valence-corrected chi connectivity index (χ3v) is 3.66. The van der Waals surface area contributed by atoms with Crippen molar-refractivity contribution in [2.24, 2.45) is 0 Å². The summed E-state index contributed by atoms with van der Waals surface area (Å²) in [7, 11) is 1.58. The number of amides is 1. The summed E-state index contributed by atoms with van der Waals surface area (Å²) < 4.78 is 10.6. The summed E-state index contributed by atoms with van der Waals surface area (Å²) in [4.78, 5) is 16.1. The summed E-state index contributed by atoms with van der Waals surface area (Å²) in [5.41, 5.74) is 2.10. The highest BCUT2D eigenvalue weighted by Gasteiger charge is 2.09. The number of hydrogen-bond donors (Lipinski definition) is 2. The molecule has 0 saturated heterocycles. The van der Waals surface area contributed by atoms with E-state index in [2.05, 4.69) is 10.3 Å². The fraction of sp³-hybridized carbons (Fsp3) is 0.158. The predicted molar refractivity (Wildman–Crippen MR) is 94.0 cm³/mol. The third-order valence-electron chi connectivity index (χ3n) is 3.66. The lowest BCUT2D eigenvalue weighted by atomic mass is 10.1. The summed E-state index contributed by atoms with van der Waals surface area (Å²) >= 11 is 0. The largest absolute Gasteiger partial charge is 0.497 e. The van der Waals surface area contributed by atoms with Gasteiger partial charge in [0.1, 0.15) is 11.3 Å². The van der Waals surface area contributed by atoms with Gasteiger partial charge in [0.25, 0.3) is 0 Å². The van der Waals surface area contributed by atoms with Gasteiger partial charge in [-0.1, -0.05) is 24.3 Å². The van der Waals surface area contributed by atoms with E-state index in [9.17, 15) is 9.90 Å². The lowest BCUT2D eigenvalue weighted by Crippen LogP contribution is -2.26. The number of para-hydroxylation sites is 2. The zero-order valence-corrected chi connectivity index (χ0v) is 13.7. The molecule has 3 rings (SSSR count). The molecule has 1 atom stereocenters. The number of oxazole rings is 1. The Balaban J connectivity index is 1.54. The molecule has 0 radical (unpaired) electrons. The second-order valence-corrected chi connectivity index (χ2v) is 5.39. The van der Waals surface area contributed by atoms with E-state index in [0.717, 1.165) is 5.52 Å². The van der Waals surface area contributed by atoms with E-state index >= 15 is 0 Å². The zero-order chi connectivity index (χ0) is 17.6. The highest BCUT2D eigenvalue weighted by Crippen LogP contribution is 2.17. The standard InChI is InChI=1S/C19H18N2O4/c1-24-14-8-6-13(7-9-14)16(22)12-20-18(23)10-11-19-21-15-4-2-3-5-17(15)25-19/h2-11,16,22H,12H2,1H3,(H,20,23)/b11-10+. The molecule has 25 heavy (non-hydrogen) atoms. The molecule has 6 heteroatoms. The minimum Gasteiger partial charge on any atom is -0.497 e. The molecule has 0 bridgehead atoms. The van der Waals surface area contributed by atoms with Crippen LogP contribution in [0.3, 0.4) is 0 Å². The Morgan fingerprint density at radius 1 is 1.28 bits per heavy atom. The Kier molecular flexibility index (Phi) is 5.11. The van der Waals surface area contributed by atoms with E-state index in [1.54, 1.807) is 31.4 Å². The highest BCUT2D eigenvalue weighted by molar-refractivity contribution is 5.91. The number of hydrogen-bond acceptors (Lipinski definition) is 5. The molecule has 1 heterocycles. The van der Waals surface area contributed by atoms with Crippen molar-refractivity contribution in [2.45, 2.75) is 6.10 Å². The normalized spacial score (nSPS) is 12.4. The molecule has 0 fully saturated rings. The summed E-state index contributed by atoms with van der Waals surface area (Å²) in [5, 5.41) is 12.7. The first kappa shape index (κ1) is 16.7. The Hall–Kier alpha value is -3.12. The first-order valence-corrected chi connectivity index (χ1v) is 7.79. The fourth-order valence-electron chi connectivity index (χ4n) is 2.31. The molecular formula is C19H18N2O4. The van der Waals surface area contributed by atoms with Gasteiger partial charge in [-0.3, -0.25) is 4.79 Å². The lowest BCUT2D eigenvalue weighted by molar-refractivity contribution is -0.116. The van der Waals surface area contributed by atoms with Gasteiger partial charge in [-0.05, 0) is 29.8 Å². The van der Waals surface area contributed by atoms with E-state index in [-0.39, 0.29) is 12.5 Å². The summed E-state index contributed by atoms with van der Waals surface area (Å²) in [5.74, 6) is 0.725. The maximum atomic E-state index is 11.9. The molecule has 1 aromatic heterocycles. The molecule has 0 saturated carbocycles. The Morgan fingerprint density at radius 3 is 2.76 bits per heavy atom. The quantitative estimate of drug-likeness (QED) is 0.675. The van der Waals surface area contributed by atoms with Crippen molar-refractivity contribution in [1.29, 1.82) is 0 Å². The van der Waals surface area contributed by atoms with Crippen LogP contribution in [0.1, 0.15) is 17.6 Å². The first-order chi connectivity index (χ1) is 12.2. The van der Waals surface area contributed by atoms with Crippen molar-refractivity contribution in [3.63, 3.8) is 0 Å². The molecular weight excluding hydrogens is 320 g/mol. The van der Waals surface area contributed by atoms with Crippen molar-refractivity contribution in [3.05, 3.63) is 66.1 Å². The maximum Gasteiger partial charge on any atom is 0.244 e. The second-order valence-electron chi connectivity index (χ2n) is 5.39. The molecule has 128 valence electrons. The van der Waals surface area contributed by atoms with Crippen molar-refractivity contribution < 1.29 is 19.1 Å². The average molecular weight is 338 g/mol. The predicted octanol–water partition coefficient (Wildman–Crippen LogP) is 2.70. The molecule has 1 unspecified atom stereocenters. The van der Waals surface area contributed by atoms with Gasteiger partial charge in [0.2, 0.25) is 11.8 Å². The number of fused-ring (bicyclic) bond motifs is 1. The molecule has 2 aromatic carbocycles. The van der Waals surface area contributed by atoms with Crippen molar-refractivity contribution >= 4 is 23.1 Å². The number of nitrogens with one attached hydrogen (secondary N) is 1. The van der Waals surface area contributed by atoms with Crippen LogP contribution >= 0.6 is 0 Å². The number of methoxy groups -OCH3 is 1. The Labute approximate surface area is 144 Å². The van der Waals surface area contributed by atoms with E-state index in [1.165, 1.54) is 12.2 Å². The summed E-state index contributed by atoms with van der Waals surface area (Å²) in [6.07, 6.45) is 2.02. The summed E-state index contributed by atoms with van der Waals surface area (Å²) in [6.45, 7) is 0.100. The molecule has 0 aliphatic carbocycles. The van der Waals surface area contributed by atoms with Gasteiger partial charge in [0.05, 0.1) is 13.2 Å². The Bertz CT molecular complexity index is 851. The number of ether oxygens (including phenoxy) is 1. The number of aromatic nitrogens is 1. The van der Waals surface area contributed by atoms with Crippen LogP contribution in [0.15, 0.2) is 59.0 Å². The van der Waals surface area contributed by atoms with Crippen molar-refractivity contribution in [2.75, 3.05) is 13.7 Å². The van der Waals surface area contributed by atoms with Gasteiger partial charge in [-0.15, -0.1) is 0 Å². The number of aliphatic hydroxyl groups is 1. The number of carbonyl (C=O) groups excluding carboxylic acids is 1. The molecule has 1 amide bonds. The number of rotatable bonds is 6.